The summed E-state index contributed by atoms with van der Waals surface area (Å²) in [6.45, 7) is 3.70. The number of aliphatic carboxylic acids is 1. The molecule has 0 aliphatic heterocycles. The Bertz CT molecular complexity index is 260. The zero-order valence-electron chi connectivity index (χ0n) is 12.4. The van der Waals surface area contributed by atoms with E-state index in [0.29, 0.717) is 6.42 Å². The number of rotatable bonds is 12. The van der Waals surface area contributed by atoms with Gasteiger partial charge in [0.2, 0.25) is 5.91 Å². The molecule has 0 bridgehead atoms. The van der Waals surface area contributed by atoms with Crippen LogP contribution in [0.1, 0.15) is 78.1 Å². The van der Waals surface area contributed by atoms with E-state index >= 15 is 0 Å². The predicted molar refractivity (Wildman–Crippen MR) is 84.2 cm³/mol. The average molecular weight is 312 g/mol. The molecule has 0 spiro atoms. The molecule has 0 heterocycles. The van der Waals surface area contributed by atoms with Crippen molar-refractivity contribution in [3.05, 3.63) is 0 Å². The van der Waals surface area contributed by atoms with Crippen LogP contribution in [-0.2, 0) is 9.59 Å². The van der Waals surface area contributed by atoms with E-state index in [4.69, 9.17) is 5.11 Å². The standard InChI is InChI=1S/C15H29NO3.K.H/c1-3-4-5-6-7-8-9-10-11-12-14(17)16-13(2)15(18)19;;/h13H,3-12H2,1-2H3,(H,16,17)(H,18,19);;/t13-;;/m0../s1. The Morgan fingerprint density at radius 1 is 0.950 bits per heavy atom. The van der Waals surface area contributed by atoms with Crippen LogP contribution < -0.4 is 5.32 Å². The second kappa shape index (κ2) is 16.0. The van der Waals surface area contributed by atoms with Gasteiger partial charge in [0, 0.05) is 6.42 Å². The molecule has 5 heteroatoms. The molecule has 0 unspecified atom stereocenters. The maximum absolute atomic E-state index is 11.4. The van der Waals surface area contributed by atoms with E-state index in [1.54, 1.807) is 0 Å². The molecular formula is C15H30KNO3. The number of carbonyl (C=O) groups excluding carboxylic acids is 1. The first-order chi connectivity index (χ1) is 9.07. The van der Waals surface area contributed by atoms with Gasteiger partial charge in [-0.2, -0.15) is 0 Å². The van der Waals surface area contributed by atoms with Crippen LogP contribution >= 0.6 is 0 Å². The first kappa shape index (κ1) is 22.9. The Balaban J connectivity index is 0. The molecule has 1 atom stereocenters. The van der Waals surface area contributed by atoms with E-state index in [9.17, 15) is 9.59 Å². The fourth-order valence-corrected chi connectivity index (χ4v) is 1.97. The summed E-state index contributed by atoms with van der Waals surface area (Å²) in [5, 5.41) is 11.1. The predicted octanol–water partition coefficient (Wildman–Crippen LogP) is 2.85. The molecule has 0 aromatic heterocycles. The number of hydrogen-bond acceptors (Lipinski definition) is 2. The van der Waals surface area contributed by atoms with Gasteiger partial charge in [-0.15, -0.1) is 0 Å². The number of unbranched alkanes of at least 4 members (excludes halogenated alkanes) is 8. The van der Waals surface area contributed by atoms with Gasteiger partial charge in [0.25, 0.3) is 0 Å². The number of carboxylic acids is 1. The first-order valence-electron chi connectivity index (χ1n) is 7.60. The molecule has 0 aliphatic rings. The normalized spacial score (nSPS) is 11.5. The molecule has 2 N–H and O–H groups in total. The van der Waals surface area contributed by atoms with Gasteiger partial charge in [-0.1, -0.05) is 58.3 Å². The third-order valence-electron chi connectivity index (χ3n) is 3.26. The van der Waals surface area contributed by atoms with Crippen molar-refractivity contribution in [2.45, 2.75) is 84.1 Å². The zero-order valence-corrected chi connectivity index (χ0v) is 12.4. The molecule has 0 saturated carbocycles. The summed E-state index contributed by atoms with van der Waals surface area (Å²) in [4.78, 5) is 21.9. The molecule has 0 saturated heterocycles. The molecule has 0 rings (SSSR count). The fraction of sp³-hybridized carbons (Fsp3) is 0.867. The van der Waals surface area contributed by atoms with E-state index in [0.717, 1.165) is 12.8 Å². The van der Waals surface area contributed by atoms with E-state index < -0.39 is 12.0 Å². The second-order valence-corrected chi connectivity index (χ2v) is 5.21. The van der Waals surface area contributed by atoms with Crippen LogP contribution in [0.15, 0.2) is 0 Å². The molecule has 0 fully saturated rings. The Morgan fingerprint density at radius 3 is 1.85 bits per heavy atom. The first-order valence-corrected chi connectivity index (χ1v) is 7.60. The van der Waals surface area contributed by atoms with Crippen molar-refractivity contribution >= 4 is 63.3 Å². The van der Waals surface area contributed by atoms with Gasteiger partial charge in [-0.05, 0) is 13.3 Å². The van der Waals surface area contributed by atoms with Gasteiger partial charge in [0.05, 0.1) is 0 Å². The molecule has 0 radical (unpaired) electrons. The van der Waals surface area contributed by atoms with Crippen molar-refractivity contribution < 1.29 is 14.7 Å². The SMILES string of the molecule is CCCCCCCCCCCC(=O)N[C@@H](C)C(=O)O.[KH]. The third-order valence-corrected chi connectivity index (χ3v) is 3.26. The Morgan fingerprint density at radius 2 is 1.40 bits per heavy atom. The van der Waals surface area contributed by atoms with Crippen molar-refractivity contribution in [2.75, 3.05) is 0 Å². The van der Waals surface area contributed by atoms with Crippen molar-refractivity contribution in [3.8, 4) is 0 Å². The van der Waals surface area contributed by atoms with Crippen LogP contribution in [0, 0.1) is 0 Å². The molecule has 0 aromatic carbocycles. The van der Waals surface area contributed by atoms with Gasteiger partial charge >= 0.3 is 57.4 Å². The van der Waals surface area contributed by atoms with Crippen LogP contribution in [0.2, 0.25) is 0 Å². The fourth-order valence-electron chi connectivity index (χ4n) is 1.97. The number of amides is 1. The monoisotopic (exact) mass is 311 g/mol. The van der Waals surface area contributed by atoms with E-state index in [1.165, 1.54) is 51.9 Å². The molecule has 4 nitrogen and oxygen atoms in total. The summed E-state index contributed by atoms with van der Waals surface area (Å²) in [5.74, 6) is -1.14. The minimum atomic E-state index is -0.986. The van der Waals surface area contributed by atoms with Crippen LogP contribution in [-0.4, -0.2) is 74.4 Å². The van der Waals surface area contributed by atoms with E-state index in [1.807, 2.05) is 0 Å². The van der Waals surface area contributed by atoms with Crippen LogP contribution in [0.25, 0.3) is 0 Å². The minimum absolute atomic E-state index is 0. The Kier molecular flexibility index (Phi) is 18.2. The van der Waals surface area contributed by atoms with Crippen LogP contribution in [0.4, 0.5) is 0 Å². The summed E-state index contributed by atoms with van der Waals surface area (Å²) in [6.07, 6.45) is 11.3. The van der Waals surface area contributed by atoms with E-state index in [2.05, 4.69) is 12.2 Å². The number of carboxylic acid groups (broad SMARTS) is 1. The second-order valence-electron chi connectivity index (χ2n) is 5.21. The summed E-state index contributed by atoms with van der Waals surface area (Å²) in [7, 11) is 0. The summed E-state index contributed by atoms with van der Waals surface area (Å²) >= 11 is 0. The maximum atomic E-state index is 11.4. The molecule has 114 valence electrons. The number of hydrogen-bond donors (Lipinski definition) is 2. The molecular weight excluding hydrogens is 281 g/mol. The quantitative estimate of drug-likeness (QED) is 0.430. The summed E-state index contributed by atoms with van der Waals surface area (Å²) < 4.78 is 0. The Labute approximate surface area is 165 Å². The average Bonchev–Trinajstić information content (AvgIpc) is 2.36. The third kappa shape index (κ3) is 15.0. The summed E-state index contributed by atoms with van der Waals surface area (Å²) in [5.41, 5.74) is 0. The van der Waals surface area contributed by atoms with Crippen LogP contribution in [0.5, 0.6) is 0 Å². The van der Waals surface area contributed by atoms with Gasteiger partial charge in [-0.3, -0.25) is 9.59 Å². The topological polar surface area (TPSA) is 66.4 Å². The Hall–Kier alpha value is 0.576. The van der Waals surface area contributed by atoms with Crippen molar-refractivity contribution in [1.82, 2.24) is 5.32 Å². The summed E-state index contributed by atoms with van der Waals surface area (Å²) in [6, 6.07) is -0.786. The van der Waals surface area contributed by atoms with Crippen molar-refractivity contribution in [1.29, 1.82) is 0 Å². The van der Waals surface area contributed by atoms with Gasteiger partial charge in [0.15, 0.2) is 0 Å². The van der Waals surface area contributed by atoms with Crippen molar-refractivity contribution in [3.63, 3.8) is 0 Å². The molecule has 0 aliphatic carbocycles. The van der Waals surface area contributed by atoms with E-state index in [-0.39, 0.29) is 57.3 Å². The molecule has 1 amide bonds. The van der Waals surface area contributed by atoms with Crippen LogP contribution in [0.3, 0.4) is 0 Å². The number of nitrogens with one attached hydrogen (secondary N) is 1. The van der Waals surface area contributed by atoms with Crippen molar-refractivity contribution in [2.24, 2.45) is 0 Å². The zero-order chi connectivity index (χ0) is 14.5. The number of carbonyl (C=O) groups is 2. The van der Waals surface area contributed by atoms with Gasteiger partial charge in [-0.25, -0.2) is 0 Å². The molecule has 20 heavy (non-hydrogen) atoms. The molecule has 0 aromatic rings. The van der Waals surface area contributed by atoms with Gasteiger partial charge < -0.3 is 10.4 Å². The van der Waals surface area contributed by atoms with Gasteiger partial charge in [0.1, 0.15) is 6.04 Å².